The van der Waals surface area contributed by atoms with Gasteiger partial charge in [-0.05, 0) is 19.4 Å². The second-order valence-electron chi connectivity index (χ2n) is 6.79. The van der Waals surface area contributed by atoms with Gasteiger partial charge < -0.3 is 14.6 Å². The highest BCUT2D eigenvalue weighted by molar-refractivity contribution is 4.97. The lowest BCUT2D eigenvalue weighted by Crippen LogP contribution is -2.46. The third-order valence-electron chi connectivity index (χ3n) is 5.23. The molecule has 0 spiro atoms. The number of likely N-dealkylation sites (tertiary alicyclic amines) is 1. The first kappa shape index (κ1) is 16.8. The molecule has 0 aromatic carbocycles. The van der Waals surface area contributed by atoms with Gasteiger partial charge in [0, 0.05) is 26.1 Å². The number of nitrogens with zero attached hydrogens (tertiary/aromatic N) is 4. The Labute approximate surface area is 137 Å². The lowest BCUT2D eigenvalue weighted by molar-refractivity contribution is 0.0249. The lowest BCUT2D eigenvalue weighted by Gasteiger charge is -2.35. The maximum Gasteiger partial charge on any atom is 0.230 e. The first-order valence-corrected chi connectivity index (χ1v) is 8.71. The van der Waals surface area contributed by atoms with Gasteiger partial charge in [-0.3, -0.25) is 9.80 Å². The molecule has 3 rings (SSSR count). The Bertz CT molecular complexity index is 509. The van der Waals surface area contributed by atoms with Gasteiger partial charge in [0.15, 0.2) is 0 Å². The van der Waals surface area contributed by atoms with Crippen molar-refractivity contribution in [2.75, 3.05) is 19.6 Å². The van der Waals surface area contributed by atoms with Crippen molar-refractivity contribution in [1.29, 1.82) is 0 Å². The predicted molar refractivity (Wildman–Crippen MR) is 84.7 cm³/mol. The number of β-amino-alcohol motifs (C(OH)–C–C–N with tert-alkyl or cyclic N) is 1. The van der Waals surface area contributed by atoms with Crippen LogP contribution >= 0.6 is 0 Å². The van der Waals surface area contributed by atoms with Crippen LogP contribution in [0.4, 0.5) is 0 Å². The lowest BCUT2D eigenvalue weighted by atomic mass is 9.91. The topological polar surface area (TPSA) is 85.9 Å². The van der Waals surface area contributed by atoms with Crippen LogP contribution in [0.1, 0.15) is 44.4 Å². The molecule has 1 aromatic heterocycles. The second-order valence-corrected chi connectivity index (χ2v) is 6.79. The zero-order valence-corrected chi connectivity index (χ0v) is 14.1. The molecule has 0 unspecified atom stereocenters. The van der Waals surface area contributed by atoms with E-state index in [1.54, 1.807) is 6.92 Å². The van der Waals surface area contributed by atoms with E-state index in [4.69, 9.17) is 4.42 Å². The Morgan fingerprint density at radius 2 is 1.96 bits per heavy atom. The molecule has 23 heavy (non-hydrogen) atoms. The van der Waals surface area contributed by atoms with Gasteiger partial charge in [-0.25, -0.2) is 0 Å². The zero-order chi connectivity index (χ0) is 16.4. The standard InChI is InChI=1S/C16H28N4O3/c1-3-19(10-16-18-17-11(2)23-16)13-8-20(9-15(13)22)12-6-4-5-7-14(12)21/h12-15,21-22H,3-10H2,1-2H3/t12-,13+,14+,15+/m0/s1. The number of aryl methyl sites for hydroxylation is 1. The van der Waals surface area contributed by atoms with E-state index in [0.717, 1.165) is 38.8 Å². The summed E-state index contributed by atoms with van der Waals surface area (Å²) in [7, 11) is 0. The van der Waals surface area contributed by atoms with Gasteiger partial charge in [-0.2, -0.15) is 0 Å². The molecule has 2 heterocycles. The molecule has 2 fully saturated rings. The van der Waals surface area contributed by atoms with Crippen molar-refractivity contribution in [3.63, 3.8) is 0 Å². The number of likely N-dealkylation sites (N-methyl/N-ethyl adjacent to an activating group) is 1. The molecule has 2 N–H and O–H groups in total. The molecule has 1 aliphatic carbocycles. The number of hydrogen-bond acceptors (Lipinski definition) is 7. The summed E-state index contributed by atoms with van der Waals surface area (Å²) in [6.07, 6.45) is 3.50. The van der Waals surface area contributed by atoms with Crippen molar-refractivity contribution >= 4 is 0 Å². The van der Waals surface area contributed by atoms with Crippen LogP contribution in [0.2, 0.25) is 0 Å². The Morgan fingerprint density at radius 1 is 1.17 bits per heavy atom. The highest BCUT2D eigenvalue weighted by Gasteiger charge is 2.40. The summed E-state index contributed by atoms with van der Waals surface area (Å²) in [4.78, 5) is 4.45. The second kappa shape index (κ2) is 7.25. The van der Waals surface area contributed by atoms with Crippen LogP contribution in [0.25, 0.3) is 0 Å². The van der Waals surface area contributed by atoms with E-state index < -0.39 is 6.10 Å². The number of aromatic nitrogens is 2. The van der Waals surface area contributed by atoms with Crippen LogP contribution in [0.3, 0.4) is 0 Å². The molecular weight excluding hydrogens is 296 g/mol. The summed E-state index contributed by atoms with van der Waals surface area (Å²) >= 11 is 0. The summed E-state index contributed by atoms with van der Waals surface area (Å²) in [6.45, 7) is 6.64. The van der Waals surface area contributed by atoms with Crippen molar-refractivity contribution < 1.29 is 14.6 Å². The smallest absolute Gasteiger partial charge is 0.230 e. The third-order valence-corrected chi connectivity index (χ3v) is 5.23. The van der Waals surface area contributed by atoms with Crippen molar-refractivity contribution in [2.45, 2.75) is 70.4 Å². The highest BCUT2D eigenvalue weighted by Crippen LogP contribution is 2.28. The Hall–Kier alpha value is -1.02. The summed E-state index contributed by atoms with van der Waals surface area (Å²) in [6, 6.07) is 0.231. The van der Waals surface area contributed by atoms with E-state index in [0.29, 0.717) is 24.9 Å². The van der Waals surface area contributed by atoms with Crippen LogP contribution < -0.4 is 0 Å². The monoisotopic (exact) mass is 324 g/mol. The van der Waals surface area contributed by atoms with Gasteiger partial charge in [0.05, 0.1) is 24.8 Å². The van der Waals surface area contributed by atoms with Crippen molar-refractivity contribution in [3.05, 3.63) is 11.8 Å². The molecule has 4 atom stereocenters. The number of aliphatic hydroxyl groups excluding tert-OH is 2. The van der Waals surface area contributed by atoms with Crippen molar-refractivity contribution in [3.8, 4) is 0 Å². The molecule has 7 heteroatoms. The molecule has 0 bridgehead atoms. The van der Waals surface area contributed by atoms with Crippen molar-refractivity contribution in [2.24, 2.45) is 0 Å². The molecule has 1 saturated carbocycles. The van der Waals surface area contributed by atoms with E-state index in [-0.39, 0.29) is 18.2 Å². The normalized spacial score (nSPS) is 32.7. The highest BCUT2D eigenvalue weighted by atomic mass is 16.4. The minimum atomic E-state index is -0.409. The zero-order valence-electron chi connectivity index (χ0n) is 14.1. The van der Waals surface area contributed by atoms with Crippen LogP contribution in [0, 0.1) is 6.92 Å². The summed E-state index contributed by atoms with van der Waals surface area (Å²) in [5.74, 6) is 1.16. The minimum absolute atomic E-state index is 0.0429. The average Bonchev–Trinajstić information content (AvgIpc) is 3.11. The molecule has 7 nitrogen and oxygen atoms in total. The third kappa shape index (κ3) is 3.74. The SMILES string of the molecule is CCN(Cc1nnc(C)o1)[C@@H]1CN([C@H]2CCCC[C@H]2O)C[C@H]1O. The predicted octanol–water partition coefficient (Wildman–Crippen LogP) is 0.549. The summed E-state index contributed by atoms with van der Waals surface area (Å²) < 4.78 is 5.47. The minimum Gasteiger partial charge on any atom is -0.424 e. The van der Waals surface area contributed by atoms with E-state index in [9.17, 15) is 10.2 Å². The summed E-state index contributed by atoms with van der Waals surface area (Å²) in [5.41, 5.74) is 0. The molecule has 1 aromatic rings. The van der Waals surface area contributed by atoms with Gasteiger partial charge >= 0.3 is 0 Å². The first-order chi connectivity index (χ1) is 11.1. The Kier molecular flexibility index (Phi) is 5.31. The molecule has 0 radical (unpaired) electrons. The Balaban J connectivity index is 1.64. The maximum absolute atomic E-state index is 10.5. The number of rotatable bonds is 5. The van der Waals surface area contributed by atoms with E-state index in [1.807, 2.05) is 0 Å². The molecule has 0 amide bonds. The fraction of sp³-hybridized carbons (Fsp3) is 0.875. The fourth-order valence-corrected chi connectivity index (χ4v) is 3.98. The van der Waals surface area contributed by atoms with Crippen LogP contribution in [-0.2, 0) is 6.54 Å². The van der Waals surface area contributed by atoms with Gasteiger partial charge in [0.2, 0.25) is 11.8 Å². The molecule has 1 aliphatic heterocycles. The van der Waals surface area contributed by atoms with Crippen molar-refractivity contribution in [1.82, 2.24) is 20.0 Å². The quantitative estimate of drug-likeness (QED) is 0.818. The number of aliphatic hydroxyl groups is 2. The van der Waals surface area contributed by atoms with E-state index in [2.05, 4.69) is 26.9 Å². The Morgan fingerprint density at radius 3 is 2.61 bits per heavy atom. The molecule has 1 saturated heterocycles. The van der Waals surface area contributed by atoms with Gasteiger partial charge in [0.25, 0.3) is 0 Å². The van der Waals surface area contributed by atoms with Crippen LogP contribution in [0.15, 0.2) is 4.42 Å². The fourth-order valence-electron chi connectivity index (χ4n) is 3.98. The van der Waals surface area contributed by atoms with Crippen LogP contribution in [-0.4, -0.2) is 74.1 Å². The van der Waals surface area contributed by atoms with Crippen LogP contribution in [0.5, 0.6) is 0 Å². The van der Waals surface area contributed by atoms with E-state index >= 15 is 0 Å². The van der Waals surface area contributed by atoms with E-state index in [1.165, 1.54) is 0 Å². The maximum atomic E-state index is 10.5. The molecule has 2 aliphatic rings. The molecule has 130 valence electrons. The van der Waals surface area contributed by atoms with Gasteiger partial charge in [-0.15, -0.1) is 10.2 Å². The largest absolute Gasteiger partial charge is 0.424 e. The average molecular weight is 324 g/mol. The molecular formula is C16H28N4O3. The van der Waals surface area contributed by atoms with Gasteiger partial charge in [0.1, 0.15) is 0 Å². The first-order valence-electron chi connectivity index (χ1n) is 8.71. The number of hydrogen-bond donors (Lipinski definition) is 2. The van der Waals surface area contributed by atoms with Gasteiger partial charge in [-0.1, -0.05) is 19.8 Å². The summed E-state index contributed by atoms with van der Waals surface area (Å²) in [5, 5.41) is 28.7.